The van der Waals surface area contributed by atoms with Crippen LogP contribution in [0.1, 0.15) is 19.3 Å². The number of aromatic nitrogens is 4. The number of anilines is 5. The summed E-state index contributed by atoms with van der Waals surface area (Å²) in [6.45, 7) is 4.69. The van der Waals surface area contributed by atoms with Crippen LogP contribution < -0.4 is 19.8 Å². The molecule has 0 unspecified atom stereocenters. The van der Waals surface area contributed by atoms with Gasteiger partial charge in [0.15, 0.2) is 10.0 Å². The monoisotopic (exact) mass is 690 g/mol. The molecule has 11 nitrogen and oxygen atoms in total. The van der Waals surface area contributed by atoms with E-state index in [2.05, 4.69) is 29.8 Å². The first-order chi connectivity index (χ1) is 23.3. The van der Waals surface area contributed by atoms with Gasteiger partial charge < -0.3 is 19.9 Å². The SMILES string of the molecule is O=S(=O)(Nc1cccc(-c2nc(N3CCCCC3)sc2-c2ccnc(Nc3ccc(N4CCOCC4)nc3)n2)c1)c1c(F)cccc1F. The van der Waals surface area contributed by atoms with E-state index in [1.54, 1.807) is 30.6 Å². The van der Waals surface area contributed by atoms with Gasteiger partial charge in [-0.3, -0.25) is 4.72 Å². The highest BCUT2D eigenvalue weighted by Gasteiger charge is 2.25. The van der Waals surface area contributed by atoms with E-state index in [9.17, 15) is 17.2 Å². The van der Waals surface area contributed by atoms with Gasteiger partial charge in [-0.15, -0.1) is 0 Å². The second-order valence-electron chi connectivity index (χ2n) is 11.4. The molecule has 2 saturated heterocycles. The molecule has 0 atom stereocenters. The molecule has 248 valence electrons. The second kappa shape index (κ2) is 13.8. The number of morpholine rings is 1. The number of sulfonamides is 1. The predicted octanol–water partition coefficient (Wildman–Crippen LogP) is 6.31. The fourth-order valence-corrected chi connectivity index (χ4v) is 7.99. The number of hydrogen-bond donors (Lipinski definition) is 2. The van der Waals surface area contributed by atoms with Crippen molar-refractivity contribution in [2.75, 3.05) is 59.2 Å². The van der Waals surface area contributed by atoms with Gasteiger partial charge in [-0.25, -0.2) is 37.1 Å². The van der Waals surface area contributed by atoms with Crippen molar-refractivity contribution >= 4 is 49.6 Å². The third-order valence-electron chi connectivity index (χ3n) is 8.05. The lowest BCUT2D eigenvalue weighted by atomic mass is 10.1. The van der Waals surface area contributed by atoms with Crippen LogP contribution >= 0.6 is 11.3 Å². The van der Waals surface area contributed by atoms with Gasteiger partial charge in [-0.05, 0) is 61.7 Å². The van der Waals surface area contributed by atoms with Crippen LogP contribution in [0, 0.1) is 11.6 Å². The lowest BCUT2D eigenvalue weighted by Gasteiger charge is -2.27. The Morgan fingerprint density at radius 3 is 2.33 bits per heavy atom. The Hall–Kier alpha value is -4.73. The molecular formula is C33H32F2N8O3S2. The Balaban J connectivity index is 1.20. The van der Waals surface area contributed by atoms with Crippen LogP contribution in [-0.4, -0.2) is 67.7 Å². The third kappa shape index (κ3) is 6.93. The van der Waals surface area contributed by atoms with Crippen LogP contribution in [0.3, 0.4) is 0 Å². The van der Waals surface area contributed by atoms with Crippen LogP contribution in [0.4, 0.5) is 37.1 Å². The molecule has 0 amide bonds. The molecule has 15 heteroatoms. The van der Waals surface area contributed by atoms with E-state index in [1.807, 2.05) is 18.2 Å². The maximum atomic E-state index is 14.4. The highest BCUT2D eigenvalue weighted by Crippen LogP contribution is 2.41. The zero-order chi connectivity index (χ0) is 33.1. The zero-order valence-corrected chi connectivity index (χ0v) is 27.4. The number of halogens is 2. The van der Waals surface area contributed by atoms with Crippen molar-refractivity contribution in [3.05, 3.63) is 84.7 Å². The van der Waals surface area contributed by atoms with Gasteiger partial charge in [0, 0.05) is 43.6 Å². The lowest BCUT2D eigenvalue weighted by Crippen LogP contribution is -2.36. The van der Waals surface area contributed by atoms with Crippen molar-refractivity contribution < 1.29 is 21.9 Å². The molecule has 2 aromatic carbocycles. The quantitative estimate of drug-likeness (QED) is 0.182. The van der Waals surface area contributed by atoms with E-state index < -0.39 is 26.6 Å². The van der Waals surface area contributed by atoms with Crippen molar-refractivity contribution in [2.24, 2.45) is 0 Å². The number of ether oxygens (including phenoxy) is 1. The third-order valence-corrected chi connectivity index (χ3v) is 10.6. The van der Waals surface area contributed by atoms with Gasteiger partial charge in [-0.1, -0.05) is 29.5 Å². The largest absolute Gasteiger partial charge is 0.378 e. The summed E-state index contributed by atoms with van der Waals surface area (Å²) in [5.74, 6) is -1.10. The second-order valence-corrected chi connectivity index (χ2v) is 14.0. The van der Waals surface area contributed by atoms with Crippen LogP contribution in [0.15, 0.2) is 78.0 Å². The summed E-state index contributed by atoms with van der Waals surface area (Å²) in [4.78, 5) is 23.0. The highest BCUT2D eigenvalue weighted by atomic mass is 32.2. The summed E-state index contributed by atoms with van der Waals surface area (Å²) in [6, 6.07) is 15.2. The summed E-state index contributed by atoms with van der Waals surface area (Å²) in [7, 11) is -4.56. The smallest absolute Gasteiger partial charge is 0.267 e. The molecule has 5 heterocycles. The Morgan fingerprint density at radius 1 is 0.812 bits per heavy atom. The van der Waals surface area contributed by atoms with Gasteiger partial charge in [0.05, 0.1) is 41.4 Å². The Morgan fingerprint density at radius 2 is 1.58 bits per heavy atom. The molecule has 0 aliphatic carbocycles. The average Bonchev–Trinajstić information content (AvgIpc) is 3.55. The molecule has 2 fully saturated rings. The maximum absolute atomic E-state index is 14.4. The van der Waals surface area contributed by atoms with Crippen LogP contribution in [0.5, 0.6) is 0 Å². The van der Waals surface area contributed by atoms with Crippen molar-refractivity contribution in [1.82, 2.24) is 19.9 Å². The van der Waals surface area contributed by atoms with E-state index in [4.69, 9.17) is 14.7 Å². The number of piperidine rings is 1. The normalized spacial score (nSPS) is 15.4. The molecule has 0 bridgehead atoms. The molecule has 2 aliphatic heterocycles. The number of benzene rings is 2. The van der Waals surface area contributed by atoms with Crippen molar-refractivity contribution in [3.8, 4) is 21.8 Å². The Kier molecular flexibility index (Phi) is 9.15. The fourth-order valence-electron chi connectivity index (χ4n) is 5.69. The number of hydrogen-bond acceptors (Lipinski definition) is 11. The minimum Gasteiger partial charge on any atom is -0.378 e. The topological polar surface area (TPSA) is 125 Å². The van der Waals surface area contributed by atoms with Crippen LogP contribution in [0.2, 0.25) is 0 Å². The molecule has 2 aliphatic rings. The summed E-state index contributed by atoms with van der Waals surface area (Å²) in [6.07, 6.45) is 6.70. The van der Waals surface area contributed by atoms with E-state index >= 15 is 0 Å². The predicted molar refractivity (Wildman–Crippen MR) is 182 cm³/mol. The van der Waals surface area contributed by atoms with Gasteiger partial charge >= 0.3 is 0 Å². The molecule has 0 radical (unpaired) electrons. The molecule has 0 saturated carbocycles. The molecule has 3 aromatic heterocycles. The summed E-state index contributed by atoms with van der Waals surface area (Å²) in [5.41, 5.74) is 2.69. The molecule has 2 N–H and O–H groups in total. The summed E-state index contributed by atoms with van der Waals surface area (Å²) in [5, 5.41) is 4.07. The van der Waals surface area contributed by atoms with Crippen molar-refractivity contribution in [2.45, 2.75) is 24.2 Å². The Bertz CT molecular complexity index is 2000. The number of thiazole rings is 1. The van der Waals surface area contributed by atoms with Gasteiger partial charge in [0.2, 0.25) is 5.95 Å². The van der Waals surface area contributed by atoms with E-state index in [1.165, 1.54) is 17.4 Å². The van der Waals surface area contributed by atoms with Crippen molar-refractivity contribution in [1.29, 1.82) is 0 Å². The van der Waals surface area contributed by atoms with E-state index in [-0.39, 0.29) is 5.69 Å². The van der Waals surface area contributed by atoms with Gasteiger partial charge in [-0.2, -0.15) is 0 Å². The minimum absolute atomic E-state index is 0.131. The standard InChI is InChI=1S/C33H32F2N8O3S2/c34-25-8-5-9-26(35)31(25)48(44,45)41-23-7-4-6-22(20-23)29-30(47-33(40-29)43-14-2-1-3-15-43)27-12-13-36-32(39-27)38-24-10-11-28(37-21-24)42-16-18-46-19-17-42/h4-13,20-21,41H,1-3,14-19H2,(H,36,38,39). The maximum Gasteiger partial charge on any atom is 0.267 e. The summed E-state index contributed by atoms with van der Waals surface area (Å²) < 4.78 is 62.6. The first kappa shape index (κ1) is 31.8. The summed E-state index contributed by atoms with van der Waals surface area (Å²) >= 11 is 1.50. The van der Waals surface area contributed by atoms with Gasteiger partial charge in [0.25, 0.3) is 10.0 Å². The highest BCUT2D eigenvalue weighted by molar-refractivity contribution is 7.92. The minimum atomic E-state index is -4.56. The number of rotatable bonds is 9. The number of nitrogens with one attached hydrogen (secondary N) is 2. The van der Waals surface area contributed by atoms with Crippen LogP contribution in [0.25, 0.3) is 21.8 Å². The number of nitrogens with zero attached hydrogens (tertiary/aromatic N) is 6. The van der Waals surface area contributed by atoms with Crippen molar-refractivity contribution in [3.63, 3.8) is 0 Å². The Labute approximate surface area is 280 Å². The first-order valence-corrected chi connectivity index (χ1v) is 17.9. The molecule has 5 aromatic rings. The first-order valence-electron chi connectivity index (χ1n) is 15.6. The molecule has 48 heavy (non-hydrogen) atoms. The average molecular weight is 691 g/mol. The van der Waals surface area contributed by atoms with Gasteiger partial charge in [0.1, 0.15) is 17.5 Å². The molecule has 0 spiro atoms. The van der Waals surface area contributed by atoms with Crippen LogP contribution in [-0.2, 0) is 14.8 Å². The fraction of sp³-hybridized carbons (Fsp3) is 0.273. The lowest BCUT2D eigenvalue weighted by molar-refractivity contribution is 0.122. The zero-order valence-electron chi connectivity index (χ0n) is 25.8. The van der Waals surface area contributed by atoms with E-state index in [0.717, 1.165) is 85.2 Å². The van der Waals surface area contributed by atoms with E-state index in [0.29, 0.717) is 36.1 Å². The molecular weight excluding hydrogens is 659 g/mol. The number of pyridine rings is 1. The molecule has 7 rings (SSSR count).